The lowest BCUT2D eigenvalue weighted by molar-refractivity contribution is -0.117. The molecule has 1 saturated heterocycles. The molecule has 1 unspecified atom stereocenters. The maximum atomic E-state index is 13.0. The van der Waals surface area contributed by atoms with E-state index in [1.165, 1.54) is 12.1 Å². The number of hydrogen-bond donors (Lipinski definition) is 0. The van der Waals surface area contributed by atoms with Crippen molar-refractivity contribution in [2.24, 2.45) is 0 Å². The van der Waals surface area contributed by atoms with Gasteiger partial charge in [0.1, 0.15) is 5.82 Å². The zero-order chi connectivity index (χ0) is 14.4. The summed E-state index contributed by atoms with van der Waals surface area (Å²) in [5.74, 6) is 1.35. The smallest absolute Gasteiger partial charge is 0.229 e. The van der Waals surface area contributed by atoms with Crippen LogP contribution >= 0.6 is 0 Å². The van der Waals surface area contributed by atoms with Crippen molar-refractivity contribution >= 4 is 11.6 Å². The maximum absolute atomic E-state index is 13.0. The summed E-state index contributed by atoms with van der Waals surface area (Å²) >= 11 is 0. The molecule has 21 heavy (non-hydrogen) atoms. The summed E-state index contributed by atoms with van der Waals surface area (Å²) in [6.07, 6.45) is 2.57. The predicted molar refractivity (Wildman–Crippen MR) is 72.4 cm³/mol. The molecule has 0 bridgehead atoms. The average molecular weight is 287 g/mol. The van der Waals surface area contributed by atoms with Gasteiger partial charge in [-0.1, -0.05) is 5.16 Å². The van der Waals surface area contributed by atoms with Crippen molar-refractivity contribution in [3.8, 4) is 0 Å². The number of anilines is 1. The lowest BCUT2D eigenvalue weighted by atomic mass is 10.1. The van der Waals surface area contributed by atoms with Crippen LogP contribution in [0.5, 0.6) is 0 Å². The Balaban J connectivity index is 1.53. The highest BCUT2D eigenvalue weighted by atomic mass is 19.1. The van der Waals surface area contributed by atoms with Gasteiger partial charge in [0.2, 0.25) is 11.8 Å². The van der Waals surface area contributed by atoms with Gasteiger partial charge in [0, 0.05) is 30.5 Å². The van der Waals surface area contributed by atoms with Crippen molar-refractivity contribution in [3.63, 3.8) is 0 Å². The second-order valence-electron chi connectivity index (χ2n) is 5.65. The first kappa shape index (κ1) is 12.5. The normalized spacial score (nSPS) is 22.0. The van der Waals surface area contributed by atoms with Gasteiger partial charge in [-0.3, -0.25) is 4.79 Å². The molecule has 1 aromatic heterocycles. The van der Waals surface area contributed by atoms with Crippen molar-refractivity contribution in [3.05, 3.63) is 41.8 Å². The van der Waals surface area contributed by atoms with Gasteiger partial charge >= 0.3 is 0 Å². The number of carbonyl (C=O) groups is 1. The average Bonchev–Trinajstić information content (AvgIpc) is 3.08. The zero-order valence-electron chi connectivity index (χ0n) is 11.3. The first-order valence-corrected chi connectivity index (χ1v) is 7.10. The van der Waals surface area contributed by atoms with Crippen LogP contribution < -0.4 is 4.90 Å². The third-order valence-corrected chi connectivity index (χ3v) is 4.01. The molecule has 5 nitrogen and oxygen atoms in total. The van der Waals surface area contributed by atoms with Crippen LogP contribution in [0.3, 0.4) is 0 Å². The Kier molecular flexibility index (Phi) is 2.77. The Morgan fingerprint density at radius 3 is 2.67 bits per heavy atom. The lowest BCUT2D eigenvalue weighted by Gasteiger charge is -2.15. The van der Waals surface area contributed by atoms with Crippen LogP contribution in [0.15, 0.2) is 28.8 Å². The van der Waals surface area contributed by atoms with Crippen molar-refractivity contribution in [1.29, 1.82) is 0 Å². The minimum absolute atomic E-state index is 0.00406. The van der Waals surface area contributed by atoms with Crippen molar-refractivity contribution < 1.29 is 13.7 Å². The molecule has 4 rings (SSSR count). The third kappa shape index (κ3) is 2.30. The topological polar surface area (TPSA) is 59.2 Å². The third-order valence-electron chi connectivity index (χ3n) is 4.01. The molecule has 2 aromatic rings. The van der Waals surface area contributed by atoms with Crippen LogP contribution in [-0.4, -0.2) is 22.6 Å². The van der Waals surface area contributed by atoms with Crippen LogP contribution in [0.1, 0.15) is 42.8 Å². The van der Waals surface area contributed by atoms with Gasteiger partial charge in [-0.2, -0.15) is 4.98 Å². The number of rotatable bonds is 3. The molecule has 0 radical (unpaired) electrons. The van der Waals surface area contributed by atoms with Gasteiger partial charge < -0.3 is 9.42 Å². The maximum Gasteiger partial charge on any atom is 0.229 e. The second kappa shape index (κ2) is 4.65. The molecule has 1 aromatic carbocycles. The highest BCUT2D eigenvalue weighted by Crippen LogP contribution is 2.40. The summed E-state index contributed by atoms with van der Waals surface area (Å²) in [5, 5.41) is 4.01. The van der Waals surface area contributed by atoms with Crippen molar-refractivity contribution in [2.45, 2.75) is 31.1 Å². The summed E-state index contributed by atoms with van der Waals surface area (Å²) in [4.78, 5) is 18.2. The molecule has 6 heteroatoms. The number of benzene rings is 1. The standard InChI is InChI=1S/C15H14FN3O2/c16-11-3-5-12(6-4-11)19-8-10(7-13(19)20)14-17-15(21-18-14)9-1-2-9/h3-6,9-10H,1-2,7-8H2. The molecule has 0 spiro atoms. The van der Waals surface area contributed by atoms with Crippen molar-refractivity contribution in [1.82, 2.24) is 10.1 Å². The molecule has 1 saturated carbocycles. The van der Waals surface area contributed by atoms with Crippen LogP contribution in [0.4, 0.5) is 10.1 Å². The van der Waals surface area contributed by atoms with E-state index in [0.717, 1.165) is 12.8 Å². The minimum Gasteiger partial charge on any atom is -0.339 e. The number of amides is 1. The molecular weight excluding hydrogens is 273 g/mol. The molecule has 1 aliphatic carbocycles. The zero-order valence-corrected chi connectivity index (χ0v) is 11.3. The molecule has 1 amide bonds. The summed E-state index contributed by atoms with van der Waals surface area (Å²) < 4.78 is 18.2. The number of aromatic nitrogens is 2. The van der Waals surface area contributed by atoms with Gasteiger partial charge in [0.15, 0.2) is 5.82 Å². The van der Waals surface area contributed by atoms with Crippen LogP contribution in [0, 0.1) is 5.82 Å². The predicted octanol–water partition coefficient (Wildman–Crippen LogP) is 2.61. The summed E-state index contributed by atoms with van der Waals surface area (Å²) in [5.41, 5.74) is 0.704. The Morgan fingerprint density at radius 2 is 1.95 bits per heavy atom. The SMILES string of the molecule is O=C1CC(c2noc(C3CC3)n2)CN1c1ccc(F)cc1. The summed E-state index contributed by atoms with van der Waals surface area (Å²) in [6.45, 7) is 0.508. The fourth-order valence-electron chi connectivity index (χ4n) is 2.66. The number of halogens is 1. The van der Waals surface area contributed by atoms with Gasteiger partial charge in [0.25, 0.3) is 0 Å². The van der Waals surface area contributed by atoms with Gasteiger partial charge in [-0.25, -0.2) is 4.39 Å². The van der Waals surface area contributed by atoms with E-state index in [1.54, 1.807) is 17.0 Å². The molecule has 2 aliphatic rings. The second-order valence-corrected chi connectivity index (χ2v) is 5.65. The Bertz CT molecular complexity index is 678. The molecule has 2 heterocycles. The largest absolute Gasteiger partial charge is 0.339 e. The fraction of sp³-hybridized carbons (Fsp3) is 0.400. The van der Waals surface area contributed by atoms with E-state index in [0.29, 0.717) is 36.3 Å². The van der Waals surface area contributed by atoms with E-state index in [1.807, 2.05) is 0 Å². The van der Waals surface area contributed by atoms with E-state index >= 15 is 0 Å². The van der Waals surface area contributed by atoms with E-state index in [2.05, 4.69) is 10.1 Å². The van der Waals surface area contributed by atoms with E-state index in [4.69, 9.17) is 4.52 Å². The first-order valence-electron chi connectivity index (χ1n) is 7.10. The number of hydrogen-bond acceptors (Lipinski definition) is 4. The minimum atomic E-state index is -0.311. The Hall–Kier alpha value is -2.24. The Labute approximate surface area is 120 Å². The van der Waals surface area contributed by atoms with Crippen LogP contribution in [0.2, 0.25) is 0 Å². The summed E-state index contributed by atoms with van der Waals surface area (Å²) in [6, 6.07) is 5.94. The summed E-state index contributed by atoms with van der Waals surface area (Å²) in [7, 11) is 0. The monoisotopic (exact) mass is 287 g/mol. The number of carbonyl (C=O) groups excluding carboxylic acids is 1. The van der Waals surface area contributed by atoms with Crippen LogP contribution in [-0.2, 0) is 4.79 Å². The van der Waals surface area contributed by atoms with Crippen molar-refractivity contribution in [2.75, 3.05) is 11.4 Å². The van der Waals surface area contributed by atoms with E-state index in [-0.39, 0.29) is 17.6 Å². The molecule has 2 fully saturated rings. The lowest BCUT2D eigenvalue weighted by Crippen LogP contribution is -2.24. The molecule has 1 atom stereocenters. The van der Waals surface area contributed by atoms with Gasteiger partial charge in [-0.05, 0) is 37.1 Å². The van der Waals surface area contributed by atoms with Gasteiger partial charge in [0.05, 0.1) is 0 Å². The van der Waals surface area contributed by atoms with Crippen LogP contribution in [0.25, 0.3) is 0 Å². The first-order chi connectivity index (χ1) is 10.2. The highest BCUT2D eigenvalue weighted by molar-refractivity contribution is 5.96. The van der Waals surface area contributed by atoms with E-state index < -0.39 is 0 Å². The molecule has 108 valence electrons. The highest BCUT2D eigenvalue weighted by Gasteiger charge is 2.36. The van der Waals surface area contributed by atoms with Gasteiger partial charge in [-0.15, -0.1) is 0 Å². The quantitative estimate of drug-likeness (QED) is 0.870. The number of nitrogens with zero attached hydrogens (tertiary/aromatic N) is 3. The van der Waals surface area contributed by atoms with E-state index in [9.17, 15) is 9.18 Å². The molecular formula is C15H14FN3O2. The Morgan fingerprint density at radius 1 is 1.19 bits per heavy atom. The fourth-order valence-corrected chi connectivity index (χ4v) is 2.66. The molecule has 0 N–H and O–H groups in total. The molecule has 1 aliphatic heterocycles.